The molecule has 4 bridgehead atoms. The van der Waals surface area contributed by atoms with Gasteiger partial charge in [-0.25, -0.2) is 0 Å². The highest BCUT2D eigenvalue weighted by Crippen LogP contribution is 2.56. The molecule has 2 nitrogen and oxygen atoms in total. The van der Waals surface area contributed by atoms with E-state index in [1.54, 1.807) is 0 Å². The van der Waals surface area contributed by atoms with Crippen molar-refractivity contribution in [1.29, 1.82) is 0 Å². The number of rotatable bonds is 1. The van der Waals surface area contributed by atoms with Gasteiger partial charge < -0.3 is 5.11 Å². The van der Waals surface area contributed by atoms with E-state index in [0.29, 0.717) is 11.8 Å². The lowest BCUT2D eigenvalue weighted by Crippen LogP contribution is -2.47. The van der Waals surface area contributed by atoms with Gasteiger partial charge in [-0.2, -0.15) is 0 Å². The summed E-state index contributed by atoms with van der Waals surface area (Å²) in [6, 6.07) is 0. The smallest absolute Gasteiger partial charge is 0.307 e. The fraction of sp³-hybridized carbons (Fsp3) is 0.909. The van der Waals surface area contributed by atoms with Gasteiger partial charge in [0.05, 0.1) is 5.92 Å². The highest BCUT2D eigenvalue weighted by molar-refractivity contribution is 5.71. The van der Waals surface area contributed by atoms with Gasteiger partial charge in [-0.15, -0.1) is 0 Å². The van der Waals surface area contributed by atoms with Crippen molar-refractivity contribution >= 4 is 5.97 Å². The molecule has 4 rings (SSSR count). The molecule has 0 spiro atoms. The van der Waals surface area contributed by atoms with Crippen LogP contribution in [0.25, 0.3) is 0 Å². The number of carbonyl (C=O) groups is 1. The maximum Gasteiger partial charge on any atom is 0.307 e. The summed E-state index contributed by atoms with van der Waals surface area (Å²) in [5, 5.41) is 9.15. The standard InChI is InChI=1S/C11H16O2/c12-11(13)10-8-2-6-1-7(4-8)5-9(10)3-6/h6-10H,1-5H2,(H,12,13)/t6-,7-,8-,9+,10?. The highest BCUT2D eigenvalue weighted by Gasteiger charge is 2.50. The molecule has 1 N–H and O–H groups in total. The molecule has 0 saturated heterocycles. The SMILES string of the molecule is O=C(O)C1[C@H]2C[C@H]3C[C@H](C2)C[C@H]1C3. The number of hydrogen-bond acceptors (Lipinski definition) is 1. The third-order valence-corrected chi connectivity index (χ3v) is 4.51. The molecule has 2 heteroatoms. The first-order valence-corrected chi connectivity index (χ1v) is 5.47. The van der Waals surface area contributed by atoms with Crippen molar-refractivity contribution in [3.8, 4) is 0 Å². The molecule has 0 atom stereocenters. The van der Waals surface area contributed by atoms with Crippen molar-refractivity contribution in [3.05, 3.63) is 0 Å². The Morgan fingerprint density at radius 3 is 1.77 bits per heavy atom. The molecule has 0 radical (unpaired) electrons. The Hall–Kier alpha value is -0.530. The first-order chi connectivity index (χ1) is 6.24. The van der Waals surface area contributed by atoms with Gasteiger partial charge in [-0.1, -0.05) is 0 Å². The molecule has 0 aromatic carbocycles. The molecule has 13 heavy (non-hydrogen) atoms. The second-order valence-electron chi connectivity index (χ2n) is 5.29. The zero-order chi connectivity index (χ0) is 9.00. The second-order valence-corrected chi connectivity index (χ2v) is 5.29. The van der Waals surface area contributed by atoms with Crippen LogP contribution in [-0.2, 0) is 4.79 Å². The van der Waals surface area contributed by atoms with Crippen LogP contribution in [0.2, 0.25) is 0 Å². The quantitative estimate of drug-likeness (QED) is 0.671. The molecule has 0 aromatic heterocycles. The molecule has 4 fully saturated rings. The van der Waals surface area contributed by atoms with E-state index in [4.69, 9.17) is 5.11 Å². The normalized spacial score (nSPS) is 52.5. The predicted octanol–water partition coefficient (Wildman–Crippen LogP) is 2.14. The average molecular weight is 180 g/mol. The van der Waals surface area contributed by atoms with E-state index in [9.17, 15) is 4.79 Å². The van der Waals surface area contributed by atoms with Crippen molar-refractivity contribution < 1.29 is 9.90 Å². The Bertz CT molecular complexity index is 218. The van der Waals surface area contributed by atoms with E-state index in [2.05, 4.69) is 0 Å². The Morgan fingerprint density at radius 1 is 0.923 bits per heavy atom. The van der Waals surface area contributed by atoms with Gasteiger partial charge in [0.2, 0.25) is 0 Å². The minimum atomic E-state index is -0.520. The summed E-state index contributed by atoms with van der Waals surface area (Å²) >= 11 is 0. The van der Waals surface area contributed by atoms with Crippen LogP contribution < -0.4 is 0 Å². The Morgan fingerprint density at radius 2 is 1.38 bits per heavy atom. The first kappa shape index (κ1) is 7.84. The molecule has 4 aliphatic rings. The van der Waals surface area contributed by atoms with Crippen molar-refractivity contribution in [3.63, 3.8) is 0 Å². The van der Waals surface area contributed by atoms with Gasteiger partial charge in [0.25, 0.3) is 0 Å². The van der Waals surface area contributed by atoms with Crippen LogP contribution in [0.4, 0.5) is 0 Å². The third kappa shape index (κ3) is 1.04. The second kappa shape index (κ2) is 2.49. The zero-order valence-corrected chi connectivity index (χ0v) is 7.78. The fourth-order valence-corrected chi connectivity index (χ4v) is 4.33. The van der Waals surface area contributed by atoms with Crippen molar-refractivity contribution in [2.45, 2.75) is 32.1 Å². The molecular weight excluding hydrogens is 164 g/mol. The number of hydrogen-bond donors (Lipinski definition) is 1. The van der Waals surface area contributed by atoms with E-state index in [0.717, 1.165) is 11.8 Å². The largest absolute Gasteiger partial charge is 0.481 e. The van der Waals surface area contributed by atoms with Gasteiger partial charge in [-0.05, 0) is 55.8 Å². The average Bonchev–Trinajstić information content (AvgIpc) is 2.00. The van der Waals surface area contributed by atoms with Crippen molar-refractivity contribution in [1.82, 2.24) is 0 Å². The topological polar surface area (TPSA) is 37.3 Å². The number of carboxylic acids is 1. The van der Waals surface area contributed by atoms with Crippen LogP contribution in [0.5, 0.6) is 0 Å². The van der Waals surface area contributed by atoms with Gasteiger partial charge in [0.15, 0.2) is 0 Å². The minimum Gasteiger partial charge on any atom is -0.481 e. The molecule has 0 heterocycles. The summed E-state index contributed by atoms with van der Waals surface area (Å²) in [4.78, 5) is 11.1. The van der Waals surface area contributed by atoms with Gasteiger partial charge in [0.1, 0.15) is 0 Å². The van der Waals surface area contributed by atoms with Gasteiger partial charge in [0, 0.05) is 0 Å². The molecule has 0 amide bonds. The maximum absolute atomic E-state index is 11.1. The molecule has 0 unspecified atom stereocenters. The summed E-state index contributed by atoms with van der Waals surface area (Å²) in [7, 11) is 0. The van der Waals surface area contributed by atoms with Crippen LogP contribution in [0.15, 0.2) is 0 Å². The highest BCUT2D eigenvalue weighted by atomic mass is 16.4. The van der Waals surface area contributed by atoms with Crippen LogP contribution in [0.1, 0.15) is 32.1 Å². The van der Waals surface area contributed by atoms with E-state index in [1.807, 2.05) is 0 Å². The van der Waals surface area contributed by atoms with Crippen molar-refractivity contribution in [2.24, 2.45) is 29.6 Å². The van der Waals surface area contributed by atoms with E-state index >= 15 is 0 Å². The lowest BCUT2D eigenvalue weighted by molar-refractivity contribution is -0.155. The Kier molecular flexibility index (Phi) is 1.50. The zero-order valence-electron chi connectivity index (χ0n) is 7.78. The predicted molar refractivity (Wildman–Crippen MR) is 48.2 cm³/mol. The van der Waals surface area contributed by atoms with Crippen LogP contribution >= 0.6 is 0 Å². The first-order valence-electron chi connectivity index (χ1n) is 5.47. The molecule has 72 valence electrons. The summed E-state index contributed by atoms with van der Waals surface area (Å²) in [6.45, 7) is 0. The van der Waals surface area contributed by atoms with E-state index in [1.165, 1.54) is 32.1 Å². The lowest BCUT2D eigenvalue weighted by atomic mass is 9.52. The van der Waals surface area contributed by atoms with Gasteiger partial charge in [-0.3, -0.25) is 4.79 Å². The Balaban J connectivity index is 1.89. The van der Waals surface area contributed by atoms with Crippen LogP contribution in [0.3, 0.4) is 0 Å². The third-order valence-electron chi connectivity index (χ3n) is 4.51. The molecule has 0 aromatic rings. The monoisotopic (exact) mass is 180 g/mol. The summed E-state index contributed by atoms with van der Waals surface area (Å²) in [5.74, 6) is 2.35. The van der Waals surface area contributed by atoms with E-state index < -0.39 is 5.97 Å². The maximum atomic E-state index is 11.1. The lowest BCUT2D eigenvalue weighted by Gasteiger charge is -2.52. The summed E-state index contributed by atoms with van der Waals surface area (Å²) in [6.07, 6.45) is 6.25. The molecule has 4 aliphatic carbocycles. The van der Waals surface area contributed by atoms with Crippen LogP contribution in [0, 0.1) is 29.6 Å². The van der Waals surface area contributed by atoms with Crippen LogP contribution in [-0.4, -0.2) is 11.1 Å². The minimum absolute atomic E-state index is 0.0211. The number of carboxylic acid groups (broad SMARTS) is 1. The van der Waals surface area contributed by atoms with Gasteiger partial charge >= 0.3 is 5.97 Å². The fourth-order valence-electron chi connectivity index (χ4n) is 4.33. The van der Waals surface area contributed by atoms with E-state index in [-0.39, 0.29) is 5.92 Å². The number of aliphatic carboxylic acids is 1. The summed E-state index contributed by atoms with van der Waals surface area (Å²) < 4.78 is 0. The summed E-state index contributed by atoms with van der Waals surface area (Å²) in [5.41, 5.74) is 0. The molecule has 4 saturated carbocycles. The molecule has 0 aliphatic heterocycles. The van der Waals surface area contributed by atoms with Crippen molar-refractivity contribution in [2.75, 3.05) is 0 Å². The molecular formula is C11H16O2. The Labute approximate surface area is 78.3 Å².